The highest BCUT2D eigenvalue weighted by molar-refractivity contribution is 7.15. The molecular weight excluding hydrogens is 244 g/mol. The molecule has 2 heterocycles. The van der Waals surface area contributed by atoms with Crippen LogP contribution >= 0.6 is 22.9 Å². The maximum Gasteiger partial charge on any atom is 0.192 e. The Morgan fingerprint density at radius 3 is 3.06 bits per heavy atom. The predicted molar refractivity (Wildman–Crippen MR) is 67.9 cm³/mol. The third kappa shape index (κ3) is 2.01. The number of aliphatic imine (C=N–C) groups is 1. The van der Waals surface area contributed by atoms with Gasteiger partial charge in [0, 0.05) is 6.04 Å². The van der Waals surface area contributed by atoms with Gasteiger partial charge in [0.2, 0.25) is 0 Å². The Labute approximate surface area is 104 Å². The second-order valence-electron chi connectivity index (χ2n) is 3.88. The molecule has 0 aromatic carbocycles. The lowest BCUT2D eigenvalue weighted by Gasteiger charge is -2.30. The molecule has 0 aliphatic carbocycles. The van der Waals surface area contributed by atoms with E-state index in [2.05, 4.69) is 28.7 Å². The molecule has 0 radical (unpaired) electrons. The smallest absolute Gasteiger partial charge is 0.192 e. The van der Waals surface area contributed by atoms with Gasteiger partial charge in [0.1, 0.15) is 15.4 Å². The van der Waals surface area contributed by atoms with Crippen molar-refractivity contribution in [2.45, 2.75) is 32.4 Å². The van der Waals surface area contributed by atoms with Crippen molar-refractivity contribution in [1.29, 1.82) is 0 Å². The van der Waals surface area contributed by atoms with Crippen molar-refractivity contribution in [3.05, 3.63) is 15.5 Å². The Hall–Kier alpha value is -0.810. The number of nitrogens with two attached hydrogens (primary N) is 1. The zero-order valence-corrected chi connectivity index (χ0v) is 10.9. The average molecular weight is 259 g/mol. The lowest BCUT2D eigenvalue weighted by Crippen LogP contribution is -2.42. The van der Waals surface area contributed by atoms with Crippen molar-refractivity contribution in [1.82, 2.24) is 9.88 Å². The van der Waals surface area contributed by atoms with Crippen LogP contribution in [0.2, 0.25) is 4.34 Å². The highest BCUT2D eigenvalue weighted by Crippen LogP contribution is 2.32. The van der Waals surface area contributed by atoms with E-state index in [0.717, 1.165) is 11.4 Å². The summed E-state index contributed by atoms with van der Waals surface area (Å²) in [6.07, 6.45) is 2.72. The Balaban J connectivity index is 2.23. The summed E-state index contributed by atoms with van der Waals surface area (Å²) in [5.41, 5.74) is 5.91. The first-order chi connectivity index (χ1) is 7.63. The van der Waals surface area contributed by atoms with E-state index in [9.17, 15) is 0 Å². The molecule has 2 atom stereocenters. The number of hydrogen-bond acceptors (Lipinski definition) is 5. The van der Waals surface area contributed by atoms with Crippen LogP contribution in [-0.4, -0.2) is 28.4 Å². The number of thiazole rings is 1. The Bertz CT molecular complexity index is 403. The maximum atomic E-state index is 5.91. The number of hydrogen-bond donors (Lipinski definition) is 1. The first-order valence-electron chi connectivity index (χ1n) is 5.33. The summed E-state index contributed by atoms with van der Waals surface area (Å²) in [7, 11) is 0. The van der Waals surface area contributed by atoms with E-state index >= 15 is 0 Å². The fourth-order valence-electron chi connectivity index (χ4n) is 1.86. The van der Waals surface area contributed by atoms with Gasteiger partial charge in [-0.25, -0.2) is 4.98 Å². The fraction of sp³-hybridized carbons (Fsp3) is 0.600. The van der Waals surface area contributed by atoms with Gasteiger partial charge in [-0.1, -0.05) is 18.5 Å². The lowest BCUT2D eigenvalue weighted by molar-refractivity contribution is 0.268. The van der Waals surface area contributed by atoms with Crippen LogP contribution in [0.5, 0.6) is 0 Å². The van der Waals surface area contributed by atoms with Crippen LogP contribution in [0.15, 0.2) is 11.2 Å². The molecular formula is C10H15ClN4S. The van der Waals surface area contributed by atoms with Crippen LogP contribution < -0.4 is 5.73 Å². The minimum atomic E-state index is 0.160. The summed E-state index contributed by atoms with van der Waals surface area (Å²) in [4.78, 5) is 10.7. The summed E-state index contributed by atoms with van der Waals surface area (Å²) in [5.74, 6) is 0.616. The van der Waals surface area contributed by atoms with Gasteiger partial charge in [-0.3, -0.25) is 4.99 Å². The fourth-order valence-corrected chi connectivity index (χ4v) is 2.88. The van der Waals surface area contributed by atoms with Gasteiger partial charge in [-0.2, -0.15) is 0 Å². The quantitative estimate of drug-likeness (QED) is 0.905. The van der Waals surface area contributed by atoms with Gasteiger partial charge in [-0.05, 0) is 13.3 Å². The molecule has 1 aromatic heterocycles. The van der Waals surface area contributed by atoms with Crippen molar-refractivity contribution in [2.75, 3.05) is 6.54 Å². The minimum absolute atomic E-state index is 0.160. The topological polar surface area (TPSA) is 54.5 Å². The first-order valence-corrected chi connectivity index (χ1v) is 6.52. The highest BCUT2D eigenvalue weighted by Gasteiger charge is 2.32. The molecule has 1 aliphatic heterocycles. The van der Waals surface area contributed by atoms with Crippen LogP contribution in [0.3, 0.4) is 0 Å². The van der Waals surface area contributed by atoms with Crippen molar-refractivity contribution in [3.8, 4) is 0 Å². The van der Waals surface area contributed by atoms with Crippen LogP contribution in [0.1, 0.15) is 31.3 Å². The molecule has 2 N–H and O–H groups in total. The molecule has 0 saturated carbocycles. The zero-order valence-electron chi connectivity index (χ0n) is 9.35. The minimum Gasteiger partial charge on any atom is -0.370 e. The summed E-state index contributed by atoms with van der Waals surface area (Å²) in [5, 5.41) is 0.995. The molecule has 2 rings (SSSR count). The van der Waals surface area contributed by atoms with Crippen LogP contribution in [0, 0.1) is 0 Å². The molecule has 4 nitrogen and oxygen atoms in total. The summed E-state index contributed by atoms with van der Waals surface area (Å²) in [6.45, 7) is 4.97. The largest absolute Gasteiger partial charge is 0.370 e. The molecule has 0 spiro atoms. The van der Waals surface area contributed by atoms with Crippen molar-refractivity contribution in [2.24, 2.45) is 10.7 Å². The monoisotopic (exact) mass is 258 g/mol. The van der Waals surface area contributed by atoms with E-state index in [1.165, 1.54) is 11.3 Å². The molecule has 0 bridgehead atoms. The molecule has 1 aliphatic rings. The van der Waals surface area contributed by atoms with E-state index in [1.54, 1.807) is 6.20 Å². The van der Waals surface area contributed by atoms with Gasteiger partial charge in [0.05, 0.1) is 12.7 Å². The predicted octanol–water partition coefficient (Wildman–Crippen LogP) is 2.27. The van der Waals surface area contributed by atoms with Gasteiger partial charge >= 0.3 is 0 Å². The van der Waals surface area contributed by atoms with E-state index in [0.29, 0.717) is 22.9 Å². The van der Waals surface area contributed by atoms with E-state index in [4.69, 9.17) is 17.3 Å². The number of guanidine groups is 1. The Kier molecular flexibility index (Phi) is 3.35. The normalized spacial score (nSPS) is 22.3. The van der Waals surface area contributed by atoms with Crippen LogP contribution in [0.4, 0.5) is 0 Å². The van der Waals surface area contributed by atoms with Gasteiger partial charge in [0.15, 0.2) is 5.96 Å². The summed E-state index contributed by atoms with van der Waals surface area (Å²) >= 11 is 7.41. The van der Waals surface area contributed by atoms with E-state index in [-0.39, 0.29) is 6.04 Å². The maximum absolute atomic E-state index is 5.91. The van der Waals surface area contributed by atoms with Crippen molar-refractivity contribution in [3.63, 3.8) is 0 Å². The van der Waals surface area contributed by atoms with E-state index in [1.807, 2.05) is 0 Å². The SMILES string of the molecule is CCC(C)N1C(N)=NCC1c1ncc(Cl)s1. The molecule has 16 heavy (non-hydrogen) atoms. The number of aromatic nitrogens is 1. The third-order valence-corrected chi connectivity index (χ3v) is 4.09. The molecule has 2 unspecified atom stereocenters. The second kappa shape index (κ2) is 4.59. The average Bonchev–Trinajstić information content (AvgIpc) is 2.83. The first kappa shape index (κ1) is 11.7. The number of nitrogens with zero attached hydrogens (tertiary/aromatic N) is 3. The Morgan fingerprint density at radius 2 is 2.50 bits per heavy atom. The number of halogens is 1. The lowest BCUT2D eigenvalue weighted by atomic mass is 10.2. The Morgan fingerprint density at radius 1 is 1.75 bits per heavy atom. The second-order valence-corrected chi connectivity index (χ2v) is 5.58. The molecule has 1 aromatic rings. The van der Waals surface area contributed by atoms with Crippen molar-refractivity contribution < 1.29 is 0 Å². The molecule has 0 amide bonds. The molecule has 0 fully saturated rings. The zero-order chi connectivity index (χ0) is 11.7. The molecule has 0 saturated heterocycles. The van der Waals surface area contributed by atoms with Crippen LogP contribution in [0.25, 0.3) is 0 Å². The van der Waals surface area contributed by atoms with Crippen molar-refractivity contribution >= 4 is 28.9 Å². The van der Waals surface area contributed by atoms with E-state index < -0.39 is 0 Å². The summed E-state index contributed by atoms with van der Waals surface area (Å²) < 4.78 is 0.713. The molecule has 6 heteroatoms. The summed E-state index contributed by atoms with van der Waals surface area (Å²) in [6, 6.07) is 0.534. The molecule has 88 valence electrons. The van der Waals surface area contributed by atoms with Crippen LogP contribution in [-0.2, 0) is 0 Å². The standard InChI is InChI=1S/C10H15ClN4S/c1-3-6(2)15-7(4-14-10(15)12)9-13-5-8(11)16-9/h5-7H,3-4H2,1-2H3,(H2,12,14). The van der Waals surface area contributed by atoms with Gasteiger partial charge in [0.25, 0.3) is 0 Å². The number of rotatable bonds is 3. The van der Waals surface area contributed by atoms with Gasteiger partial charge < -0.3 is 10.6 Å². The highest BCUT2D eigenvalue weighted by atomic mass is 35.5. The third-order valence-electron chi connectivity index (χ3n) is 2.87. The van der Waals surface area contributed by atoms with Gasteiger partial charge in [-0.15, -0.1) is 11.3 Å².